The highest BCUT2D eigenvalue weighted by atomic mass is 35.5. The molecule has 12 heteroatoms. The molecule has 0 spiro atoms. The average molecular weight is 722 g/mol. The van der Waals surface area contributed by atoms with Crippen molar-refractivity contribution in [3.8, 4) is 0 Å². The molecule has 0 aliphatic rings. The molecule has 4 aromatic carbocycles. The van der Waals surface area contributed by atoms with Gasteiger partial charge in [-0.25, -0.2) is 8.42 Å². The molecule has 7 nitrogen and oxygen atoms in total. The standard InChI is InChI=1S/C34H33Cl4N3O4S/c1-2-3-16-39-34(43)32(18-24-10-6-4-7-11-24)40(22-25-14-15-30(37)31(38)17-25)33(42)23-41(28-20-26(35)19-27(36)21-28)46(44,45)29-12-8-5-9-13-29/h4-15,17,19-21,32H,2-3,16,18,22-23H2,1H3,(H,39,43)/t32-/m1/s1. The van der Waals surface area contributed by atoms with Crippen LogP contribution in [0.3, 0.4) is 0 Å². The Morgan fingerprint density at radius 2 is 1.41 bits per heavy atom. The number of unbranched alkanes of at least 4 members (excludes halogenated alkanes) is 1. The molecule has 4 rings (SSSR count). The lowest BCUT2D eigenvalue weighted by molar-refractivity contribution is -0.140. The molecule has 0 fully saturated rings. The zero-order valence-corrected chi connectivity index (χ0v) is 28.8. The molecule has 0 aliphatic heterocycles. The summed E-state index contributed by atoms with van der Waals surface area (Å²) >= 11 is 25.1. The molecular weight excluding hydrogens is 688 g/mol. The van der Waals surface area contributed by atoms with Crippen molar-refractivity contribution in [2.24, 2.45) is 0 Å². The van der Waals surface area contributed by atoms with Gasteiger partial charge in [0.1, 0.15) is 12.6 Å². The van der Waals surface area contributed by atoms with Crippen molar-refractivity contribution in [2.45, 2.75) is 43.7 Å². The predicted octanol–water partition coefficient (Wildman–Crippen LogP) is 8.05. The van der Waals surface area contributed by atoms with Gasteiger partial charge >= 0.3 is 0 Å². The van der Waals surface area contributed by atoms with Crippen LogP contribution in [0.4, 0.5) is 5.69 Å². The van der Waals surface area contributed by atoms with Gasteiger partial charge < -0.3 is 10.2 Å². The zero-order valence-electron chi connectivity index (χ0n) is 25.0. The summed E-state index contributed by atoms with van der Waals surface area (Å²) < 4.78 is 29.1. The highest BCUT2D eigenvalue weighted by Gasteiger charge is 2.35. The van der Waals surface area contributed by atoms with E-state index in [0.717, 1.165) is 22.7 Å². The molecule has 0 radical (unpaired) electrons. The number of halogens is 4. The maximum absolute atomic E-state index is 14.5. The minimum Gasteiger partial charge on any atom is -0.354 e. The molecular formula is C34H33Cl4N3O4S. The fraction of sp³-hybridized carbons (Fsp3) is 0.235. The van der Waals surface area contributed by atoms with E-state index in [9.17, 15) is 18.0 Å². The fourth-order valence-corrected chi connectivity index (χ4v) is 7.08. The van der Waals surface area contributed by atoms with Gasteiger partial charge in [-0.1, -0.05) is 114 Å². The fourth-order valence-electron chi connectivity index (χ4n) is 4.83. The number of nitrogens with zero attached hydrogens (tertiary/aromatic N) is 2. The Morgan fingerprint density at radius 1 is 0.783 bits per heavy atom. The Morgan fingerprint density at radius 3 is 2.02 bits per heavy atom. The number of benzene rings is 4. The van der Waals surface area contributed by atoms with Gasteiger partial charge in [-0.2, -0.15) is 0 Å². The minimum atomic E-state index is -4.29. The van der Waals surface area contributed by atoms with Gasteiger partial charge in [0, 0.05) is 29.6 Å². The SMILES string of the molecule is CCCCNC(=O)[C@@H](Cc1ccccc1)N(Cc1ccc(Cl)c(Cl)c1)C(=O)CN(c1cc(Cl)cc(Cl)c1)S(=O)(=O)c1ccccc1. The van der Waals surface area contributed by atoms with Crippen LogP contribution >= 0.6 is 46.4 Å². The zero-order chi connectivity index (χ0) is 33.3. The van der Waals surface area contributed by atoms with Gasteiger partial charge in [-0.3, -0.25) is 13.9 Å². The summed E-state index contributed by atoms with van der Waals surface area (Å²) in [6.45, 7) is 1.73. The average Bonchev–Trinajstić information content (AvgIpc) is 3.03. The molecule has 4 aromatic rings. The third-order valence-corrected chi connectivity index (χ3v) is 10.1. The van der Waals surface area contributed by atoms with Crippen LogP contribution in [-0.2, 0) is 32.6 Å². The lowest BCUT2D eigenvalue weighted by atomic mass is 10.0. The quantitative estimate of drug-likeness (QED) is 0.134. The maximum atomic E-state index is 14.5. The summed E-state index contributed by atoms with van der Waals surface area (Å²) in [6.07, 6.45) is 1.80. The predicted molar refractivity (Wildman–Crippen MR) is 186 cm³/mol. The summed E-state index contributed by atoms with van der Waals surface area (Å²) in [5.74, 6) is -0.998. The van der Waals surface area contributed by atoms with Gasteiger partial charge in [0.25, 0.3) is 10.0 Å². The van der Waals surface area contributed by atoms with Gasteiger partial charge in [0.15, 0.2) is 0 Å². The van der Waals surface area contributed by atoms with Crippen LogP contribution in [0, 0.1) is 0 Å². The third-order valence-electron chi connectivity index (χ3n) is 7.18. The van der Waals surface area contributed by atoms with E-state index < -0.39 is 28.5 Å². The first-order chi connectivity index (χ1) is 22.0. The number of carbonyl (C=O) groups is 2. The molecule has 46 heavy (non-hydrogen) atoms. The van der Waals surface area contributed by atoms with E-state index in [1.54, 1.807) is 36.4 Å². The molecule has 1 atom stereocenters. The number of amides is 2. The highest BCUT2D eigenvalue weighted by Crippen LogP contribution is 2.31. The number of hydrogen-bond acceptors (Lipinski definition) is 4. The molecule has 1 N–H and O–H groups in total. The first-order valence-corrected chi connectivity index (χ1v) is 17.5. The lowest BCUT2D eigenvalue weighted by Gasteiger charge is -2.34. The lowest BCUT2D eigenvalue weighted by Crippen LogP contribution is -2.53. The monoisotopic (exact) mass is 719 g/mol. The van der Waals surface area contributed by atoms with Gasteiger partial charge in [0.05, 0.1) is 20.6 Å². The summed E-state index contributed by atoms with van der Waals surface area (Å²) in [7, 11) is -4.29. The van der Waals surface area contributed by atoms with Crippen LogP contribution in [0.15, 0.2) is 102 Å². The van der Waals surface area contributed by atoms with Gasteiger partial charge in [-0.05, 0) is 60.0 Å². The van der Waals surface area contributed by atoms with E-state index in [0.29, 0.717) is 17.1 Å². The second-order valence-corrected chi connectivity index (χ2v) is 14.1. The van der Waals surface area contributed by atoms with Crippen LogP contribution < -0.4 is 9.62 Å². The van der Waals surface area contributed by atoms with Crippen molar-refractivity contribution in [2.75, 3.05) is 17.4 Å². The topological polar surface area (TPSA) is 86.8 Å². The number of sulfonamides is 1. The molecule has 0 saturated carbocycles. The molecule has 0 heterocycles. The number of anilines is 1. The van der Waals surface area contributed by atoms with Crippen LogP contribution in [-0.4, -0.2) is 44.3 Å². The first kappa shape index (κ1) is 35.6. The smallest absolute Gasteiger partial charge is 0.264 e. The number of nitrogens with one attached hydrogen (secondary N) is 1. The second-order valence-electron chi connectivity index (χ2n) is 10.6. The van der Waals surface area contributed by atoms with E-state index in [4.69, 9.17) is 46.4 Å². The van der Waals surface area contributed by atoms with Crippen molar-refractivity contribution in [1.29, 1.82) is 0 Å². The third kappa shape index (κ3) is 9.39. The van der Waals surface area contributed by atoms with Crippen molar-refractivity contribution < 1.29 is 18.0 Å². The Labute approximate surface area is 290 Å². The summed E-state index contributed by atoms with van der Waals surface area (Å²) in [4.78, 5) is 29.7. The van der Waals surface area contributed by atoms with Crippen molar-refractivity contribution in [3.63, 3.8) is 0 Å². The van der Waals surface area contributed by atoms with Crippen LogP contribution in [0.1, 0.15) is 30.9 Å². The summed E-state index contributed by atoms with van der Waals surface area (Å²) in [5, 5.41) is 3.94. The minimum absolute atomic E-state index is 0.0342. The Balaban J connectivity index is 1.82. The number of rotatable bonds is 14. The van der Waals surface area contributed by atoms with Gasteiger partial charge in [-0.15, -0.1) is 0 Å². The Kier molecular flexibility index (Phi) is 12.8. The maximum Gasteiger partial charge on any atom is 0.264 e. The molecule has 0 bridgehead atoms. The second kappa shape index (κ2) is 16.5. The van der Waals surface area contributed by atoms with Crippen LogP contribution in [0.2, 0.25) is 20.1 Å². The highest BCUT2D eigenvalue weighted by molar-refractivity contribution is 7.92. The van der Waals surface area contributed by atoms with Crippen molar-refractivity contribution >= 4 is 73.9 Å². The van der Waals surface area contributed by atoms with Crippen LogP contribution in [0.5, 0.6) is 0 Å². The van der Waals surface area contributed by atoms with E-state index >= 15 is 0 Å². The molecule has 242 valence electrons. The van der Waals surface area contributed by atoms with Gasteiger partial charge in [0.2, 0.25) is 11.8 Å². The molecule has 2 amide bonds. The normalized spacial score (nSPS) is 11.9. The van der Waals surface area contributed by atoms with Crippen molar-refractivity contribution in [3.05, 3.63) is 128 Å². The Hall–Kier alpha value is -3.27. The van der Waals surface area contributed by atoms with E-state index in [-0.39, 0.29) is 44.5 Å². The van der Waals surface area contributed by atoms with Crippen LogP contribution in [0.25, 0.3) is 0 Å². The van der Waals surface area contributed by atoms with E-state index in [2.05, 4.69) is 5.32 Å². The molecule has 0 aromatic heterocycles. The van der Waals surface area contributed by atoms with E-state index in [1.807, 2.05) is 37.3 Å². The Bertz CT molecular complexity index is 1740. The molecule has 0 aliphatic carbocycles. The largest absolute Gasteiger partial charge is 0.354 e. The number of hydrogen-bond donors (Lipinski definition) is 1. The summed E-state index contributed by atoms with van der Waals surface area (Å²) in [5.41, 5.74) is 1.52. The molecule has 0 saturated heterocycles. The number of carbonyl (C=O) groups excluding carboxylic acids is 2. The first-order valence-electron chi connectivity index (χ1n) is 14.6. The van der Waals surface area contributed by atoms with Crippen molar-refractivity contribution in [1.82, 2.24) is 10.2 Å². The summed E-state index contributed by atoms with van der Waals surface area (Å²) in [6, 6.07) is 25.3. The van der Waals surface area contributed by atoms with E-state index in [1.165, 1.54) is 35.2 Å². The molecule has 0 unspecified atom stereocenters.